The Morgan fingerprint density at radius 1 is 1.35 bits per heavy atom. The first-order valence-electron chi connectivity index (χ1n) is 7.46. The van der Waals surface area contributed by atoms with Crippen molar-refractivity contribution in [1.29, 1.82) is 0 Å². The molecule has 1 N–H and O–H groups in total. The molecule has 0 amide bonds. The van der Waals surface area contributed by atoms with Gasteiger partial charge in [0.15, 0.2) is 0 Å². The second kappa shape index (κ2) is 6.92. The first-order valence-corrected chi connectivity index (χ1v) is 8.61. The minimum atomic E-state index is 0.135. The molecular weight excluding hydrogens is 266 g/mol. The number of hydrogen-bond donors (Lipinski definition) is 1. The third kappa shape index (κ3) is 5.08. The third-order valence-electron chi connectivity index (χ3n) is 3.53. The van der Waals surface area contributed by atoms with Crippen molar-refractivity contribution in [3.63, 3.8) is 0 Å². The van der Waals surface area contributed by atoms with Gasteiger partial charge in [-0.1, -0.05) is 6.07 Å². The first-order chi connectivity index (χ1) is 9.44. The van der Waals surface area contributed by atoms with Gasteiger partial charge < -0.3 is 5.32 Å². The summed E-state index contributed by atoms with van der Waals surface area (Å²) in [6, 6.07) is 7.05. The molecule has 0 aromatic carbocycles. The standard InChI is InChI=1S/C16H27N3S/c1-13-12-20-9-8-19(13)11-15-7-5-6-14(18-15)10-17-16(2,3)4/h5-7,13,17H,8-12H2,1-4H3. The molecule has 0 spiro atoms. The normalized spacial score (nSPS) is 21.1. The fourth-order valence-electron chi connectivity index (χ4n) is 2.28. The van der Waals surface area contributed by atoms with E-state index in [4.69, 9.17) is 4.98 Å². The lowest BCUT2D eigenvalue weighted by molar-refractivity contribution is 0.221. The predicted molar refractivity (Wildman–Crippen MR) is 88.0 cm³/mol. The fraction of sp³-hybridized carbons (Fsp3) is 0.688. The smallest absolute Gasteiger partial charge is 0.0547 e. The molecule has 3 nitrogen and oxygen atoms in total. The number of aromatic nitrogens is 1. The molecular formula is C16H27N3S. The maximum atomic E-state index is 4.79. The zero-order chi connectivity index (χ0) is 14.6. The minimum Gasteiger partial charge on any atom is -0.306 e. The zero-order valence-corrected chi connectivity index (χ0v) is 14.0. The number of pyridine rings is 1. The summed E-state index contributed by atoms with van der Waals surface area (Å²) in [5.41, 5.74) is 2.46. The second-order valence-electron chi connectivity index (χ2n) is 6.62. The lowest BCUT2D eigenvalue weighted by atomic mass is 10.1. The van der Waals surface area contributed by atoms with E-state index in [1.807, 2.05) is 0 Å². The van der Waals surface area contributed by atoms with Crippen LogP contribution in [0.25, 0.3) is 0 Å². The molecule has 4 heteroatoms. The van der Waals surface area contributed by atoms with Crippen LogP contribution in [0.4, 0.5) is 0 Å². The second-order valence-corrected chi connectivity index (χ2v) is 7.77. The molecule has 1 unspecified atom stereocenters. The number of rotatable bonds is 4. The van der Waals surface area contributed by atoms with Gasteiger partial charge in [0.05, 0.1) is 11.4 Å². The van der Waals surface area contributed by atoms with Gasteiger partial charge in [-0.15, -0.1) is 0 Å². The summed E-state index contributed by atoms with van der Waals surface area (Å²) in [6.45, 7) is 11.9. The molecule has 0 saturated carbocycles. The Labute approximate surface area is 127 Å². The number of nitrogens with zero attached hydrogens (tertiary/aromatic N) is 2. The zero-order valence-electron chi connectivity index (χ0n) is 13.1. The summed E-state index contributed by atoms with van der Waals surface area (Å²) < 4.78 is 0. The Balaban J connectivity index is 1.95. The highest BCUT2D eigenvalue weighted by Crippen LogP contribution is 2.18. The van der Waals surface area contributed by atoms with E-state index in [1.165, 1.54) is 23.7 Å². The van der Waals surface area contributed by atoms with Gasteiger partial charge in [0.2, 0.25) is 0 Å². The van der Waals surface area contributed by atoms with Gasteiger partial charge in [0.1, 0.15) is 0 Å². The molecule has 20 heavy (non-hydrogen) atoms. The van der Waals surface area contributed by atoms with Crippen LogP contribution in [0.5, 0.6) is 0 Å². The Morgan fingerprint density at radius 2 is 2.10 bits per heavy atom. The van der Waals surface area contributed by atoms with Gasteiger partial charge in [-0.25, -0.2) is 0 Å². The van der Waals surface area contributed by atoms with Gasteiger partial charge in [0, 0.05) is 42.7 Å². The van der Waals surface area contributed by atoms with Crippen LogP contribution in [-0.4, -0.2) is 39.5 Å². The minimum absolute atomic E-state index is 0.135. The van der Waals surface area contributed by atoms with E-state index in [2.05, 4.69) is 67.9 Å². The van der Waals surface area contributed by atoms with Crippen molar-refractivity contribution in [2.45, 2.75) is 52.4 Å². The monoisotopic (exact) mass is 293 g/mol. The Hall–Kier alpha value is -0.580. The Kier molecular flexibility index (Phi) is 5.47. The molecule has 2 rings (SSSR count). The molecule has 0 bridgehead atoms. The molecule has 1 aromatic rings. The summed E-state index contributed by atoms with van der Waals surface area (Å²) in [4.78, 5) is 7.33. The van der Waals surface area contributed by atoms with Crippen molar-refractivity contribution >= 4 is 11.8 Å². The topological polar surface area (TPSA) is 28.2 Å². The van der Waals surface area contributed by atoms with Crippen molar-refractivity contribution in [3.8, 4) is 0 Å². The first kappa shape index (κ1) is 15.8. The average Bonchev–Trinajstić information content (AvgIpc) is 2.39. The van der Waals surface area contributed by atoms with Crippen molar-refractivity contribution in [1.82, 2.24) is 15.2 Å². The molecule has 1 saturated heterocycles. The van der Waals surface area contributed by atoms with E-state index in [0.29, 0.717) is 6.04 Å². The van der Waals surface area contributed by atoms with Crippen LogP contribution in [0.2, 0.25) is 0 Å². The highest BCUT2D eigenvalue weighted by Gasteiger charge is 2.19. The van der Waals surface area contributed by atoms with Crippen LogP contribution in [0.3, 0.4) is 0 Å². The van der Waals surface area contributed by atoms with Gasteiger partial charge in [-0.2, -0.15) is 11.8 Å². The van der Waals surface area contributed by atoms with Gasteiger partial charge in [-0.3, -0.25) is 9.88 Å². The van der Waals surface area contributed by atoms with Crippen LogP contribution in [0.15, 0.2) is 18.2 Å². The van der Waals surface area contributed by atoms with Crippen LogP contribution < -0.4 is 5.32 Å². The van der Waals surface area contributed by atoms with E-state index < -0.39 is 0 Å². The number of nitrogens with one attached hydrogen (secondary N) is 1. The van der Waals surface area contributed by atoms with Gasteiger partial charge in [0.25, 0.3) is 0 Å². The Bertz CT molecular complexity index is 428. The molecule has 1 aliphatic rings. The molecule has 1 aliphatic heterocycles. The fourth-order valence-corrected chi connectivity index (χ4v) is 3.36. The Morgan fingerprint density at radius 3 is 2.80 bits per heavy atom. The summed E-state index contributed by atoms with van der Waals surface area (Å²) >= 11 is 2.06. The van der Waals surface area contributed by atoms with Crippen LogP contribution in [0.1, 0.15) is 39.1 Å². The van der Waals surface area contributed by atoms with Crippen LogP contribution >= 0.6 is 11.8 Å². The number of hydrogen-bond acceptors (Lipinski definition) is 4. The van der Waals surface area contributed by atoms with E-state index in [9.17, 15) is 0 Å². The highest BCUT2D eigenvalue weighted by molar-refractivity contribution is 7.99. The predicted octanol–water partition coefficient (Wildman–Crippen LogP) is 2.91. The molecule has 1 fully saturated rings. The van der Waals surface area contributed by atoms with Crippen LogP contribution in [0, 0.1) is 0 Å². The van der Waals surface area contributed by atoms with Crippen molar-refractivity contribution in [3.05, 3.63) is 29.6 Å². The summed E-state index contributed by atoms with van der Waals surface area (Å²) in [7, 11) is 0. The summed E-state index contributed by atoms with van der Waals surface area (Å²) in [6.07, 6.45) is 0. The summed E-state index contributed by atoms with van der Waals surface area (Å²) in [5.74, 6) is 2.49. The van der Waals surface area contributed by atoms with E-state index in [0.717, 1.165) is 18.8 Å². The number of thioether (sulfide) groups is 1. The van der Waals surface area contributed by atoms with E-state index in [1.54, 1.807) is 0 Å². The third-order valence-corrected chi connectivity index (χ3v) is 4.72. The molecule has 2 heterocycles. The van der Waals surface area contributed by atoms with Crippen molar-refractivity contribution in [2.24, 2.45) is 0 Å². The summed E-state index contributed by atoms with van der Waals surface area (Å²) in [5, 5.41) is 3.50. The largest absolute Gasteiger partial charge is 0.306 e. The molecule has 1 aromatic heterocycles. The SMILES string of the molecule is CC1CSCCN1Cc1cccc(CNC(C)(C)C)n1. The van der Waals surface area contributed by atoms with Crippen molar-refractivity contribution < 1.29 is 0 Å². The lowest BCUT2D eigenvalue weighted by Crippen LogP contribution is -2.40. The molecule has 112 valence electrons. The molecule has 0 radical (unpaired) electrons. The maximum absolute atomic E-state index is 4.79. The van der Waals surface area contributed by atoms with Crippen molar-refractivity contribution in [2.75, 3.05) is 18.1 Å². The lowest BCUT2D eigenvalue weighted by Gasteiger charge is -2.32. The van der Waals surface area contributed by atoms with Crippen LogP contribution in [-0.2, 0) is 13.1 Å². The van der Waals surface area contributed by atoms with Gasteiger partial charge in [-0.05, 0) is 39.8 Å². The van der Waals surface area contributed by atoms with E-state index >= 15 is 0 Å². The molecule has 0 aliphatic carbocycles. The van der Waals surface area contributed by atoms with E-state index in [-0.39, 0.29) is 5.54 Å². The van der Waals surface area contributed by atoms with Gasteiger partial charge >= 0.3 is 0 Å². The molecule has 1 atom stereocenters. The average molecular weight is 293 g/mol. The highest BCUT2D eigenvalue weighted by atomic mass is 32.2. The quantitative estimate of drug-likeness (QED) is 0.924. The maximum Gasteiger partial charge on any atom is 0.0547 e.